The number of phosphoric ester groups is 1. The van der Waals surface area contributed by atoms with Crippen LogP contribution in [0.1, 0.15) is 239 Å². The highest BCUT2D eigenvalue weighted by atomic mass is 31.2. The van der Waals surface area contributed by atoms with E-state index in [4.69, 9.17) is 14.8 Å². The number of carbonyl (C=O) groups excluding carboxylic acids is 1. The third kappa shape index (κ3) is 37.8. The third-order valence-corrected chi connectivity index (χ3v) is 11.4. The van der Waals surface area contributed by atoms with Gasteiger partial charge < -0.3 is 21.1 Å². The van der Waals surface area contributed by atoms with E-state index in [1.54, 1.807) is 0 Å². The molecule has 312 valence electrons. The average Bonchev–Trinajstić information content (AvgIpc) is 3.13. The molecule has 0 aliphatic carbocycles. The normalized spacial score (nSPS) is 14.0. The standard InChI is InChI=1S/C43H89N2O6P/c1-3-5-7-9-11-13-15-17-19-20-21-22-23-25-27-29-31-33-35-37-43(47)45-41(40-51-52(48,49)50-39-38-44)42(46)36-34-32-30-28-26-24-18-16-14-12-10-8-6-4-2/h41-42,46H,3-40,44H2,1-2H3,(H,45,47)(H,48,49)/t41-,42+/m0/s1. The van der Waals surface area contributed by atoms with Crippen LogP contribution in [0.15, 0.2) is 0 Å². The SMILES string of the molecule is CCCCCCCCCCCCCCCCCCCCCC(=O)N[C@@H](COP(=O)(O)OCCN)[C@H](O)CCCCCCCCCCCCCCCC. The van der Waals surface area contributed by atoms with Crippen LogP contribution < -0.4 is 11.1 Å². The molecule has 0 aliphatic heterocycles. The first kappa shape index (κ1) is 51.5. The van der Waals surface area contributed by atoms with Crippen molar-refractivity contribution in [2.24, 2.45) is 5.73 Å². The van der Waals surface area contributed by atoms with Gasteiger partial charge in [0.15, 0.2) is 0 Å². The van der Waals surface area contributed by atoms with E-state index in [-0.39, 0.29) is 25.7 Å². The largest absolute Gasteiger partial charge is 0.472 e. The quantitative estimate of drug-likeness (QED) is 0.0359. The van der Waals surface area contributed by atoms with Gasteiger partial charge in [0.2, 0.25) is 5.91 Å². The van der Waals surface area contributed by atoms with E-state index < -0.39 is 20.0 Å². The van der Waals surface area contributed by atoms with Crippen molar-refractivity contribution in [1.82, 2.24) is 5.32 Å². The van der Waals surface area contributed by atoms with Gasteiger partial charge in [0.05, 0.1) is 25.4 Å². The van der Waals surface area contributed by atoms with Crippen molar-refractivity contribution in [2.75, 3.05) is 19.8 Å². The summed E-state index contributed by atoms with van der Waals surface area (Å²) < 4.78 is 22.2. The van der Waals surface area contributed by atoms with Gasteiger partial charge in [-0.25, -0.2) is 4.57 Å². The summed E-state index contributed by atoms with van der Waals surface area (Å²) in [6.07, 6.45) is 42.5. The number of phosphoric acid groups is 1. The summed E-state index contributed by atoms with van der Waals surface area (Å²) in [5.41, 5.74) is 5.38. The second-order valence-corrected chi connectivity index (χ2v) is 17.1. The van der Waals surface area contributed by atoms with E-state index in [0.717, 1.165) is 38.5 Å². The van der Waals surface area contributed by atoms with Crippen molar-refractivity contribution in [3.05, 3.63) is 0 Å². The Hall–Kier alpha value is -0.500. The molecule has 0 aromatic heterocycles. The number of hydrogen-bond donors (Lipinski definition) is 4. The van der Waals surface area contributed by atoms with Crippen LogP contribution >= 0.6 is 7.82 Å². The van der Waals surface area contributed by atoms with Crippen molar-refractivity contribution in [1.29, 1.82) is 0 Å². The lowest BCUT2D eigenvalue weighted by atomic mass is 10.0. The molecule has 0 fully saturated rings. The number of aliphatic hydroxyl groups is 1. The molecule has 0 saturated heterocycles. The van der Waals surface area contributed by atoms with Gasteiger partial charge in [-0.3, -0.25) is 13.8 Å². The third-order valence-electron chi connectivity index (χ3n) is 10.5. The second-order valence-electron chi connectivity index (χ2n) is 15.6. The molecular formula is C43H89N2O6P. The van der Waals surface area contributed by atoms with Crippen LogP contribution in [0.4, 0.5) is 0 Å². The Labute approximate surface area is 322 Å². The summed E-state index contributed by atoms with van der Waals surface area (Å²) in [4.78, 5) is 22.7. The summed E-state index contributed by atoms with van der Waals surface area (Å²) in [7, 11) is -4.31. The highest BCUT2D eigenvalue weighted by Gasteiger charge is 2.27. The fourth-order valence-corrected chi connectivity index (χ4v) is 7.78. The summed E-state index contributed by atoms with van der Waals surface area (Å²) in [6.45, 7) is 4.24. The van der Waals surface area contributed by atoms with Crippen LogP contribution in [-0.2, 0) is 18.4 Å². The number of hydrogen-bond acceptors (Lipinski definition) is 6. The monoisotopic (exact) mass is 761 g/mol. The van der Waals surface area contributed by atoms with Gasteiger partial charge in [-0.05, 0) is 12.8 Å². The van der Waals surface area contributed by atoms with Crippen molar-refractivity contribution in [3.8, 4) is 0 Å². The van der Waals surface area contributed by atoms with E-state index in [0.29, 0.717) is 12.8 Å². The van der Waals surface area contributed by atoms with Crippen molar-refractivity contribution in [2.45, 2.75) is 251 Å². The molecular weight excluding hydrogens is 671 g/mol. The predicted molar refractivity (Wildman–Crippen MR) is 222 cm³/mol. The predicted octanol–water partition coefficient (Wildman–Crippen LogP) is 12.6. The van der Waals surface area contributed by atoms with Crippen LogP contribution in [-0.4, -0.2) is 47.8 Å². The van der Waals surface area contributed by atoms with Crippen LogP contribution in [0.3, 0.4) is 0 Å². The summed E-state index contributed by atoms with van der Waals surface area (Å²) >= 11 is 0. The Bertz CT molecular complexity index is 789. The molecule has 0 bridgehead atoms. The maximum Gasteiger partial charge on any atom is 0.472 e. The molecule has 52 heavy (non-hydrogen) atoms. The van der Waals surface area contributed by atoms with Gasteiger partial charge in [0.1, 0.15) is 0 Å². The smallest absolute Gasteiger partial charge is 0.391 e. The minimum Gasteiger partial charge on any atom is -0.391 e. The zero-order chi connectivity index (χ0) is 38.2. The van der Waals surface area contributed by atoms with Gasteiger partial charge in [-0.2, -0.15) is 0 Å². The number of unbranched alkanes of at least 4 members (excludes halogenated alkanes) is 31. The first-order chi connectivity index (χ1) is 25.4. The topological polar surface area (TPSA) is 131 Å². The van der Waals surface area contributed by atoms with E-state index in [1.807, 2.05) is 0 Å². The molecule has 0 aromatic carbocycles. The molecule has 1 amide bonds. The number of nitrogens with two attached hydrogens (primary N) is 1. The first-order valence-corrected chi connectivity index (χ1v) is 24.1. The van der Waals surface area contributed by atoms with Crippen LogP contribution in [0.2, 0.25) is 0 Å². The molecule has 9 heteroatoms. The van der Waals surface area contributed by atoms with Crippen molar-refractivity contribution >= 4 is 13.7 Å². The van der Waals surface area contributed by atoms with Crippen LogP contribution in [0.25, 0.3) is 0 Å². The molecule has 1 unspecified atom stereocenters. The van der Waals surface area contributed by atoms with E-state index >= 15 is 0 Å². The molecule has 0 radical (unpaired) electrons. The van der Waals surface area contributed by atoms with Crippen LogP contribution in [0, 0.1) is 0 Å². The van der Waals surface area contributed by atoms with Gasteiger partial charge >= 0.3 is 7.82 Å². The Kier molecular flexibility index (Phi) is 39.8. The fourth-order valence-electron chi connectivity index (χ4n) is 7.02. The Morgan fingerprint density at radius 2 is 0.885 bits per heavy atom. The lowest BCUT2D eigenvalue weighted by Crippen LogP contribution is -2.46. The molecule has 0 aliphatic rings. The number of amides is 1. The summed E-state index contributed by atoms with van der Waals surface area (Å²) in [5.74, 6) is -0.156. The minimum absolute atomic E-state index is 0.0925. The molecule has 5 N–H and O–H groups in total. The lowest BCUT2D eigenvalue weighted by Gasteiger charge is -2.25. The molecule has 8 nitrogen and oxygen atoms in total. The Balaban J connectivity index is 4.07. The summed E-state index contributed by atoms with van der Waals surface area (Å²) in [5, 5.41) is 13.8. The van der Waals surface area contributed by atoms with Crippen LogP contribution in [0.5, 0.6) is 0 Å². The van der Waals surface area contributed by atoms with Gasteiger partial charge in [-0.15, -0.1) is 0 Å². The number of rotatable bonds is 43. The second kappa shape index (κ2) is 40.2. The number of aliphatic hydroxyl groups excluding tert-OH is 1. The number of carbonyl (C=O) groups is 1. The highest BCUT2D eigenvalue weighted by Crippen LogP contribution is 2.43. The van der Waals surface area contributed by atoms with Gasteiger partial charge in [0, 0.05) is 13.0 Å². The first-order valence-electron chi connectivity index (χ1n) is 22.7. The molecule has 3 atom stereocenters. The fraction of sp³-hybridized carbons (Fsp3) is 0.977. The molecule has 0 saturated carbocycles. The zero-order valence-electron chi connectivity index (χ0n) is 34.6. The molecule has 0 rings (SSSR count). The average molecular weight is 761 g/mol. The lowest BCUT2D eigenvalue weighted by molar-refractivity contribution is -0.123. The number of nitrogens with one attached hydrogen (secondary N) is 1. The Morgan fingerprint density at radius 3 is 1.23 bits per heavy atom. The highest BCUT2D eigenvalue weighted by molar-refractivity contribution is 7.47. The maximum atomic E-state index is 12.8. The minimum atomic E-state index is -4.31. The van der Waals surface area contributed by atoms with Crippen molar-refractivity contribution < 1.29 is 28.4 Å². The maximum absolute atomic E-state index is 12.8. The molecule has 0 aromatic rings. The molecule has 0 spiro atoms. The van der Waals surface area contributed by atoms with E-state index in [2.05, 4.69) is 19.2 Å². The van der Waals surface area contributed by atoms with E-state index in [1.165, 1.54) is 173 Å². The van der Waals surface area contributed by atoms with Crippen molar-refractivity contribution in [3.63, 3.8) is 0 Å². The molecule has 0 heterocycles. The van der Waals surface area contributed by atoms with Gasteiger partial charge in [0.25, 0.3) is 0 Å². The Morgan fingerprint density at radius 1 is 0.558 bits per heavy atom. The summed E-state index contributed by atoms with van der Waals surface area (Å²) in [6, 6.07) is -0.767. The zero-order valence-corrected chi connectivity index (χ0v) is 35.5. The van der Waals surface area contributed by atoms with E-state index in [9.17, 15) is 19.4 Å². The van der Waals surface area contributed by atoms with Gasteiger partial charge in [-0.1, -0.05) is 219 Å².